The van der Waals surface area contributed by atoms with Crippen molar-refractivity contribution < 1.29 is 4.21 Å². The van der Waals surface area contributed by atoms with E-state index in [-0.39, 0.29) is 0 Å². The van der Waals surface area contributed by atoms with Gasteiger partial charge in [0.25, 0.3) is 0 Å². The van der Waals surface area contributed by atoms with E-state index in [4.69, 9.17) is 0 Å². The van der Waals surface area contributed by atoms with Gasteiger partial charge in [-0.3, -0.25) is 4.21 Å². The van der Waals surface area contributed by atoms with E-state index in [0.29, 0.717) is 6.04 Å². The van der Waals surface area contributed by atoms with Crippen LogP contribution in [0.4, 0.5) is 0 Å². The van der Waals surface area contributed by atoms with Gasteiger partial charge < -0.3 is 10.2 Å². The summed E-state index contributed by atoms with van der Waals surface area (Å²) in [6, 6.07) is 0.712. The second-order valence-corrected chi connectivity index (χ2v) is 8.08. The quantitative estimate of drug-likeness (QED) is 0.837. The van der Waals surface area contributed by atoms with Crippen molar-refractivity contribution in [2.45, 2.75) is 45.6 Å². The second kappa shape index (κ2) is 7.75. The molecule has 1 saturated carbocycles. The minimum absolute atomic E-state index is 0.545. The third-order valence-electron chi connectivity index (χ3n) is 4.66. The van der Waals surface area contributed by atoms with Crippen molar-refractivity contribution in [2.24, 2.45) is 11.8 Å². The maximum Gasteiger partial charge on any atom is 0.0363 e. The molecule has 1 N–H and O–H groups in total. The standard InChI is InChI=1S/C15H30N2OS/c1-3-6-16-15-5-4-13(2)11-14(15)12-17-7-9-19(18)10-8-17/h13-16H,3-12H2,1-2H3. The normalized spacial score (nSPS) is 34.5. The van der Waals surface area contributed by atoms with Gasteiger partial charge in [-0.15, -0.1) is 0 Å². The molecule has 0 aromatic heterocycles. The van der Waals surface area contributed by atoms with E-state index >= 15 is 0 Å². The Balaban J connectivity index is 1.84. The van der Waals surface area contributed by atoms with Gasteiger partial charge in [0.1, 0.15) is 0 Å². The average Bonchev–Trinajstić information content (AvgIpc) is 2.40. The Morgan fingerprint density at radius 1 is 1.26 bits per heavy atom. The highest BCUT2D eigenvalue weighted by Gasteiger charge is 2.30. The molecule has 1 heterocycles. The minimum Gasteiger partial charge on any atom is -0.314 e. The lowest BCUT2D eigenvalue weighted by atomic mass is 9.78. The van der Waals surface area contributed by atoms with Crippen molar-refractivity contribution in [1.82, 2.24) is 10.2 Å². The van der Waals surface area contributed by atoms with Gasteiger partial charge in [-0.2, -0.15) is 0 Å². The van der Waals surface area contributed by atoms with Gasteiger partial charge in [-0.25, -0.2) is 0 Å². The molecule has 1 aliphatic heterocycles. The number of hydrogen-bond donors (Lipinski definition) is 1. The summed E-state index contributed by atoms with van der Waals surface area (Å²) in [4.78, 5) is 2.55. The maximum atomic E-state index is 11.4. The highest BCUT2D eigenvalue weighted by Crippen LogP contribution is 2.30. The highest BCUT2D eigenvalue weighted by molar-refractivity contribution is 7.85. The van der Waals surface area contributed by atoms with Gasteiger partial charge >= 0.3 is 0 Å². The molecule has 3 nitrogen and oxygen atoms in total. The molecule has 0 aromatic carbocycles. The van der Waals surface area contributed by atoms with Crippen LogP contribution in [-0.2, 0) is 10.8 Å². The van der Waals surface area contributed by atoms with E-state index in [9.17, 15) is 4.21 Å². The third-order valence-corrected chi connectivity index (χ3v) is 5.94. The molecule has 1 aliphatic carbocycles. The Morgan fingerprint density at radius 3 is 2.68 bits per heavy atom. The van der Waals surface area contributed by atoms with Crippen LogP contribution in [0.5, 0.6) is 0 Å². The molecule has 2 fully saturated rings. The molecule has 0 bridgehead atoms. The molecule has 112 valence electrons. The summed E-state index contributed by atoms with van der Waals surface area (Å²) in [7, 11) is -0.545. The van der Waals surface area contributed by atoms with Gasteiger partial charge in [-0.05, 0) is 44.1 Å². The predicted octanol–water partition coefficient (Wildman–Crippen LogP) is 1.86. The minimum atomic E-state index is -0.545. The van der Waals surface area contributed by atoms with Crippen LogP contribution in [0.3, 0.4) is 0 Å². The van der Waals surface area contributed by atoms with E-state index in [1.54, 1.807) is 0 Å². The molecule has 3 atom stereocenters. The third kappa shape index (κ3) is 4.83. The van der Waals surface area contributed by atoms with Crippen LogP contribution < -0.4 is 5.32 Å². The van der Waals surface area contributed by atoms with E-state index in [1.165, 1.54) is 32.2 Å². The van der Waals surface area contributed by atoms with Crippen LogP contribution in [0.15, 0.2) is 0 Å². The summed E-state index contributed by atoms with van der Waals surface area (Å²) < 4.78 is 11.4. The molecule has 0 spiro atoms. The summed E-state index contributed by atoms with van der Waals surface area (Å²) in [5, 5.41) is 3.75. The monoisotopic (exact) mass is 286 g/mol. The number of nitrogens with one attached hydrogen (secondary N) is 1. The van der Waals surface area contributed by atoms with Crippen LogP contribution in [-0.4, -0.2) is 52.8 Å². The van der Waals surface area contributed by atoms with Crippen molar-refractivity contribution in [3.63, 3.8) is 0 Å². The second-order valence-electron chi connectivity index (χ2n) is 6.39. The van der Waals surface area contributed by atoms with Gasteiger partial charge in [0.15, 0.2) is 0 Å². The molecule has 2 rings (SSSR count). The molecule has 3 unspecified atom stereocenters. The average molecular weight is 286 g/mol. The SMILES string of the molecule is CCCNC1CCC(C)CC1CN1CCS(=O)CC1. The fourth-order valence-electron chi connectivity index (χ4n) is 3.49. The Hall–Kier alpha value is 0.0700. The molecule has 0 radical (unpaired) electrons. The smallest absolute Gasteiger partial charge is 0.0363 e. The molecule has 1 saturated heterocycles. The zero-order valence-corrected chi connectivity index (χ0v) is 13.4. The summed E-state index contributed by atoms with van der Waals surface area (Å²) in [5.74, 6) is 3.44. The molecule has 0 aromatic rings. The van der Waals surface area contributed by atoms with Crippen LogP contribution in [0.25, 0.3) is 0 Å². The Morgan fingerprint density at radius 2 is 2.00 bits per heavy atom. The molecule has 19 heavy (non-hydrogen) atoms. The Bertz CT molecular complexity index is 286. The molecule has 2 aliphatic rings. The van der Waals surface area contributed by atoms with Crippen LogP contribution in [0.1, 0.15) is 39.5 Å². The van der Waals surface area contributed by atoms with E-state index < -0.39 is 10.8 Å². The first-order valence-corrected chi connectivity index (χ1v) is 9.48. The van der Waals surface area contributed by atoms with E-state index in [2.05, 4.69) is 24.1 Å². The van der Waals surface area contributed by atoms with Crippen molar-refractivity contribution in [3.8, 4) is 0 Å². The lowest BCUT2D eigenvalue weighted by molar-refractivity contribution is 0.151. The first kappa shape index (κ1) is 15.5. The fourth-order valence-corrected chi connectivity index (χ4v) is 4.62. The highest BCUT2D eigenvalue weighted by atomic mass is 32.2. The maximum absolute atomic E-state index is 11.4. The Kier molecular flexibility index (Phi) is 6.30. The van der Waals surface area contributed by atoms with Gasteiger partial charge in [0.05, 0.1) is 0 Å². The summed E-state index contributed by atoms with van der Waals surface area (Å²) in [6.07, 6.45) is 5.30. The summed E-state index contributed by atoms with van der Waals surface area (Å²) in [6.45, 7) is 9.08. The number of nitrogens with zero attached hydrogens (tertiary/aromatic N) is 1. The van der Waals surface area contributed by atoms with Gasteiger partial charge in [0.2, 0.25) is 0 Å². The lowest BCUT2D eigenvalue weighted by Gasteiger charge is -2.39. The Labute approximate surface area is 121 Å². The predicted molar refractivity (Wildman–Crippen MR) is 82.9 cm³/mol. The van der Waals surface area contributed by atoms with Crippen molar-refractivity contribution in [3.05, 3.63) is 0 Å². The van der Waals surface area contributed by atoms with Crippen LogP contribution >= 0.6 is 0 Å². The zero-order chi connectivity index (χ0) is 13.7. The lowest BCUT2D eigenvalue weighted by Crippen LogP contribution is -2.48. The number of hydrogen-bond acceptors (Lipinski definition) is 3. The summed E-state index contributed by atoms with van der Waals surface area (Å²) >= 11 is 0. The largest absolute Gasteiger partial charge is 0.314 e. The van der Waals surface area contributed by atoms with Crippen molar-refractivity contribution in [2.75, 3.05) is 37.7 Å². The van der Waals surface area contributed by atoms with Crippen molar-refractivity contribution >= 4 is 10.8 Å². The van der Waals surface area contributed by atoms with Crippen LogP contribution in [0, 0.1) is 11.8 Å². The fraction of sp³-hybridized carbons (Fsp3) is 1.00. The molecular weight excluding hydrogens is 256 g/mol. The van der Waals surface area contributed by atoms with E-state index in [0.717, 1.165) is 43.0 Å². The number of rotatable bonds is 5. The van der Waals surface area contributed by atoms with Gasteiger partial charge in [0, 0.05) is 48.0 Å². The first-order valence-electron chi connectivity index (χ1n) is 7.99. The molecular formula is C15H30N2OS. The van der Waals surface area contributed by atoms with Gasteiger partial charge in [-0.1, -0.05) is 13.8 Å². The van der Waals surface area contributed by atoms with Crippen molar-refractivity contribution in [1.29, 1.82) is 0 Å². The molecule has 0 amide bonds. The zero-order valence-electron chi connectivity index (χ0n) is 12.6. The topological polar surface area (TPSA) is 32.3 Å². The van der Waals surface area contributed by atoms with Crippen LogP contribution in [0.2, 0.25) is 0 Å². The van der Waals surface area contributed by atoms with E-state index in [1.807, 2.05) is 0 Å². The molecule has 4 heteroatoms. The summed E-state index contributed by atoms with van der Waals surface area (Å²) in [5.41, 5.74) is 0. The first-order chi connectivity index (χ1) is 9.19.